The molecule has 2 rings (SSSR count). The van der Waals surface area contributed by atoms with Gasteiger partial charge in [0.2, 0.25) is 5.56 Å². The molecule has 1 fully saturated rings. The molecular weight excluding hydrogens is 233 g/mol. The van der Waals surface area contributed by atoms with E-state index in [1.165, 1.54) is 6.07 Å². The Morgan fingerprint density at radius 3 is 2.59 bits per heavy atom. The molecule has 0 amide bonds. The number of rotatable bonds is 2. The van der Waals surface area contributed by atoms with Crippen LogP contribution in [0.4, 0.5) is 4.39 Å². The van der Waals surface area contributed by atoms with Crippen molar-refractivity contribution in [1.82, 2.24) is 4.98 Å². The monoisotopic (exact) mass is 245 g/mol. The van der Waals surface area contributed by atoms with Crippen molar-refractivity contribution in [3.8, 4) is 0 Å². The number of halogens is 1. The highest BCUT2D eigenvalue weighted by Crippen LogP contribution is 2.33. The molecule has 7 heteroatoms. The first-order valence-corrected chi connectivity index (χ1v) is 5.05. The lowest BCUT2D eigenvalue weighted by molar-refractivity contribution is -0.0238. The fraction of sp³-hybridized carbons (Fsp3) is 0.500. The minimum absolute atomic E-state index is 0.0629. The molecule has 1 aromatic heterocycles. The third kappa shape index (κ3) is 2.09. The van der Waals surface area contributed by atoms with Crippen LogP contribution in [0.25, 0.3) is 0 Å². The van der Waals surface area contributed by atoms with E-state index < -0.39 is 42.5 Å². The smallest absolute Gasteiger partial charge is 0.250 e. The fourth-order valence-electron chi connectivity index (χ4n) is 1.84. The molecule has 1 saturated heterocycles. The molecule has 4 N–H and O–H groups in total. The summed E-state index contributed by atoms with van der Waals surface area (Å²) in [5.41, 5.74) is -0.676. The second-order valence-electron chi connectivity index (χ2n) is 3.85. The quantitative estimate of drug-likeness (QED) is 0.483. The van der Waals surface area contributed by atoms with Gasteiger partial charge in [0.15, 0.2) is 5.95 Å². The van der Waals surface area contributed by atoms with Crippen LogP contribution in [0.2, 0.25) is 0 Å². The van der Waals surface area contributed by atoms with E-state index in [0.717, 1.165) is 6.07 Å². The van der Waals surface area contributed by atoms with Crippen molar-refractivity contribution in [2.45, 2.75) is 24.4 Å². The summed E-state index contributed by atoms with van der Waals surface area (Å²) in [6.07, 6.45) is -4.73. The zero-order valence-corrected chi connectivity index (χ0v) is 8.71. The van der Waals surface area contributed by atoms with Crippen LogP contribution in [0.5, 0.6) is 0 Å². The Morgan fingerprint density at radius 1 is 1.35 bits per heavy atom. The first-order valence-electron chi connectivity index (χ1n) is 5.05. The van der Waals surface area contributed by atoms with Crippen molar-refractivity contribution in [3.63, 3.8) is 0 Å². The highest BCUT2D eigenvalue weighted by molar-refractivity contribution is 5.18. The van der Waals surface area contributed by atoms with Gasteiger partial charge in [-0.3, -0.25) is 9.78 Å². The summed E-state index contributed by atoms with van der Waals surface area (Å²) in [6, 6.07) is 2.27. The number of nitrogens with one attached hydrogen (secondary N) is 1. The van der Waals surface area contributed by atoms with Crippen LogP contribution in [0.1, 0.15) is 11.7 Å². The number of aliphatic hydroxyl groups is 3. The summed E-state index contributed by atoms with van der Waals surface area (Å²) in [4.78, 5) is 12.8. The van der Waals surface area contributed by atoms with Crippen LogP contribution in [0.3, 0.4) is 0 Å². The zero-order chi connectivity index (χ0) is 12.6. The molecule has 0 saturated carbocycles. The Labute approximate surface area is 95.3 Å². The largest absolute Gasteiger partial charge is 0.394 e. The molecule has 0 spiro atoms. The third-order valence-corrected chi connectivity index (χ3v) is 2.75. The average Bonchev–Trinajstić information content (AvgIpc) is 2.57. The Bertz CT molecular complexity index is 462. The second kappa shape index (κ2) is 4.53. The molecule has 2 heterocycles. The number of hydrogen-bond acceptors (Lipinski definition) is 5. The Hall–Kier alpha value is -1.28. The molecular formula is C10H12FNO5. The highest BCUT2D eigenvalue weighted by atomic mass is 19.1. The summed E-state index contributed by atoms with van der Waals surface area (Å²) in [7, 11) is 0. The lowest BCUT2D eigenvalue weighted by Gasteiger charge is -2.14. The topological polar surface area (TPSA) is 103 Å². The van der Waals surface area contributed by atoms with E-state index in [-0.39, 0.29) is 5.56 Å². The highest BCUT2D eigenvalue weighted by Gasteiger charge is 2.44. The van der Waals surface area contributed by atoms with Crippen LogP contribution < -0.4 is 5.56 Å². The van der Waals surface area contributed by atoms with E-state index in [9.17, 15) is 19.4 Å². The van der Waals surface area contributed by atoms with Gasteiger partial charge in [0, 0.05) is 11.6 Å². The van der Waals surface area contributed by atoms with Crippen LogP contribution in [0, 0.1) is 5.95 Å². The predicted octanol–water partition coefficient (Wildman–Crippen LogP) is -1.33. The van der Waals surface area contributed by atoms with Crippen molar-refractivity contribution >= 4 is 0 Å². The maximum atomic E-state index is 13.4. The third-order valence-electron chi connectivity index (χ3n) is 2.75. The Kier molecular flexibility index (Phi) is 3.25. The van der Waals surface area contributed by atoms with Crippen LogP contribution in [0.15, 0.2) is 16.9 Å². The number of aliphatic hydroxyl groups excluding tert-OH is 3. The first kappa shape index (κ1) is 12.2. The molecule has 17 heavy (non-hydrogen) atoms. The van der Waals surface area contributed by atoms with Gasteiger partial charge in [-0.25, -0.2) is 0 Å². The fourth-order valence-corrected chi connectivity index (χ4v) is 1.84. The molecule has 0 unspecified atom stereocenters. The minimum atomic E-state index is -1.35. The van der Waals surface area contributed by atoms with Gasteiger partial charge in [-0.15, -0.1) is 0 Å². The summed E-state index contributed by atoms with van der Waals surface area (Å²) in [6.45, 7) is -0.486. The van der Waals surface area contributed by atoms with Gasteiger partial charge in [0.25, 0.3) is 0 Å². The predicted molar refractivity (Wildman–Crippen MR) is 53.7 cm³/mol. The normalized spacial score (nSPS) is 32.9. The molecule has 0 radical (unpaired) electrons. The molecule has 94 valence electrons. The SMILES string of the molecule is O=c1ccc([C@@H]2O[C@H](CO)[C@@H](O)[C@@H]2O)c(F)[nH]1. The average molecular weight is 245 g/mol. The van der Waals surface area contributed by atoms with Gasteiger partial charge in [-0.2, -0.15) is 4.39 Å². The first-order chi connectivity index (χ1) is 8.04. The number of aromatic nitrogens is 1. The number of ether oxygens (including phenoxy) is 1. The van der Waals surface area contributed by atoms with Gasteiger partial charge < -0.3 is 20.1 Å². The summed E-state index contributed by atoms with van der Waals surface area (Å²) >= 11 is 0. The van der Waals surface area contributed by atoms with Gasteiger partial charge in [0.05, 0.1) is 6.61 Å². The summed E-state index contributed by atoms with van der Waals surface area (Å²) in [5, 5.41) is 28.1. The van der Waals surface area contributed by atoms with Gasteiger partial charge in [-0.1, -0.05) is 0 Å². The molecule has 1 aliphatic rings. The van der Waals surface area contributed by atoms with Crippen molar-refractivity contribution < 1.29 is 24.4 Å². The number of pyridine rings is 1. The molecule has 0 bridgehead atoms. The van der Waals surface area contributed by atoms with E-state index in [2.05, 4.69) is 0 Å². The van der Waals surface area contributed by atoms with Gasteiger partial charge in [-0.05, 0) is 6.07 Å². The maximum absolute atomic E-state index is 13.4. The number of hydrogen-bond donors (Lipinski definition) is 4. The van der Waals surface area contributed by atoms with Crippen molar-refractivity contribution in [2.75, 3.05) is 6.61 Å². The van der Waals surface area contributed by atoms with E-state index in [1.54, 1.807) is 0 Å². The lowest BCUT2D eigenvalue weighted by Crippen LogP contribution is -2.32. The standard InChI is InChI=1S/C10H12FNO5/c11-10-4(1-2-6(14)12-10)9-8(16)7(15)5(3-13)17-9/h1-2,5,7-9,13,15-16H,3H2,(H,12,14)/t5-,7-,8+,9+/m1/s1. The van der Waals surface area contributed by atoms with Crippen molar-refractivity contribution in [3.05, 3.63) is 34.0 Å². The van der Waals surface area contributed by atoms with E-state index >= 15 is 0 Å². The van der Waals surface area contributed by atoms with Gasteiger partial charge in [0.1, 0.15) is 24.4 Å². The Morgan fingerprint density at radius 2 is 2.06 bits per heavy atom. The second-order valence-corrected chi connectivity index (χ2v) is 3.85. The molecule has 4 atom stereocenters. The van der Waals surface area contributed by atoms with Crippen LogP contribution in [-0.2, 0) is 4.74 Å². The lowest BCUT2D eigenvalue weighted by atomic mass is 10.0. The molecule has 1 aliphatic heterocycles. The number of H-pyrrole nitrogens is 1. The van der Waals surface area contributed by atoms with Crippen LogP contribution in [-0.4, -0.2) is 45.2 Å². The molecule has 1 aromatic rings. The van der Waals surface area contributed by atoms with Crippen molar-refractivity contribution in [2.24, 2.45) is 0 Å². The van der Waals surface area contributed by atoms with Crippen LogP contribution >= 0.6 is 0 Å². The zero-order valence-electron chi connectivity index (χ0n) is 8.71. The molecule has 0 aliphatic carbocycles. The minimum Gasteiger partial charge on any atom is -0.394 e. The molecule has 6 nitrogen and oxygen atoms in total. The summed E-state index contributed by atoms with van der Waals surface area (Å²) < 4.78 is 18.6. The number of aromatic amines is 1. The van der Waals surface area contributed by atoms with Crippen molar-refractivity contribution in [1.29, 1.82) is 0 Å². The summed E-state index contributed by atoms with van der Waals surface area (Å²) in [5.74, 6) is -0.924. The molecule has 0 aromatic carbocycles. The van der Waals surface area contributed by atoms with E-state index in [0.29, 0.717) is 0 Å². The van der Waals surface area contributed by atoms with E-state index in [4.69, 9.17) is 9.84 Å². The Balaban J connectivity index is 2.32. The maximum Gasteiger partial charge on any atom is 0.250 e. The van der Waals surface area contributed by atoms with Gasteiger partial charge >= 0.3 is 0 Å². The van der Waals surface area contributed by atoms with E-state index in [1.807, 2.05) is 4.98 Å².